The van der Waals surface area contributed by atoms with E-state index in [9.17, 15) is 0 Å². The van der Waals surface area contributed by atoms with Gasteiger partial charge >= 0.3 is 0 Å². The molecule has 5 aromatic heterocycles. The van der Waals surface area contributed by atoms with Crippen LogP contribution in [0, 0.1) is 0 Å². The zero-order chi connectivity index (χ0) is 29.8. The zero-order valence-corrected chi connectivity index (χ0v) is 32.2. The summed E-state index contributed by atoms with van der Waals surface area (Å²) in [5, 5.41) is 0. The number of aromatic nitrogens is 2. The van der Waals surface area contributed by atoms with Crippen molar-refractivity contribution in [2.45, 2.75) is 104 Å². The molecule has 0 saturated carbocycles. The van der Waals surface area contributed by atoms with Crippen LogP contribution in [0.4, 0.5) is 0 Å². The van der Waals surface area contributed by atoms with E-state index in [4.69, 9.17) is 8.75 Å². The Bertz CT molecular complexity index is 1670. The summed E-state index contributed by atoms with van der Waals surface area (Å²) in [5.74, 6) is 0. The first kappa shape index (κ1) is 32.3. The van der Waals surface area contributed by atoms with Crippen LogP contribution in [0.15, 0.2) is 31.8 Å². The molecule has 6 rings (SSSR count). The van der Waals surface area contributed by atoms with Crippen molar-refractivity contribution in [3.05, 3.63) is 43.0 Å². The summed E-state index contributed by atoms with van der Waals surface area (Å²) in [6, 6.07) is 9.33. The highest BCUT2D eigenvalue weighted by molar-refractivity contribution is 9.11. The fourth-order valence-electron chi connectivity index (χ4n) is 5.93. The van der Waals surface area contributed by atoms with Crippen LogP contribution in [0.2, 0.25) is 0 Å². The normalized spacial score (nSPS) is 12.1. The fraction of sp³-hybridized carbons (Fsp3) is 0.471. The topological polar surface area (TPSA) is 25.8 Å². The summed E-state index contributed by atoms with van der Waals surface area (Å²) >= 11 is 16.7. The Hall–Kier alpha value is -0.680. The molecule has 0 aliphatic heterocycles. The summed E-state index contributed by atoms with van der Waals surface area (Å²) in [6.45, 7) is 4.57. The molecule has 5 heterocycles. The molecule has 6 aromatic rings. The van der Waals surface area contributed by atoms with Gasteiger partial charge in [0, 0.05) is 30.3 Å². The van der Waals surface area contributed by atoms with Crippen molar-refractivity contribution in [2.24, 2.45) is 0 Å². The molecule has 1 aromatic carbocycles. The van der Waals surface area contributed by atoms with E-state index >= 15 is 0 Å². The van der Waals surface area contributed by atoms with E-state index in [1.165, 1.54) is 147 Å². The zero-order valence-electron chi connectivity index (χ0n) is 24.9. The van der Waals surface area contributed by atoms with Crippen molar-refractivity contribution in [1.29, 1.82) is 0 Å². The third kappa shape index (κ3) is 7.18. The van der Waals surface area contributed by atoms with Crippen LogP contribution in [-0.4, -0.2) is 8.75 Å². The van der Waals surface area contributed by atoms with Crippen LogP contribution in [0.1, 0.15) is 102 Å². The Kier molecular flexibility index (Phi) is 11.5. The maximum absolute atomic E-state index is 4.84. The third-order valence-electron chi connectivity index (χ3n) is 8.32. The lowest BCUT2D eigenvalue weighted by molar-refractivity contribution is 0.608. The number of benzene rings is 1. The predicted octanol–water partition coefficient (Wildman–Crippen LogP) is 14.9. The number of thiophene rings is 4. The van der Waals surface area contributed by atoms with Crippen molar-refractivity contribution < 1.29 is 0 Å². The van der Waals surface area contributed by atoms with Crippen molar-refractivity contribution in [3.8, 4) is 20.9 Å². The lowest BCUT2D eigenvalue weighted by Gasteiger charge is -2.04. The summed E-state index contributed by atoms with van der Waals surface area (Å²) in [4.78, 5) is 2.61. The van der Waals surface area contributed by atoms with Gasteiger partial charge in [-0.3, -0.25) is 0 Å². The molecule has 0 amide bonds. The number of aryl methyl sites for hydroxylation is 2. The second-order valence-corrected chi connectivity index (χ2v) is 18.8. The molecule has 2 nitrogen and oxygen atoms in total. The van der Waals surface area contributed by atoms with E-state index in [-0.39, 0.29) is 0 Å². The van der Waals surface area contributed by atoms with E-state index in [0.717, 1.165) is 23.9 Å². The molecule has 0 fully saturated rings. The number of hydrogen-bond acceptors (Lipinski definition) is 7. The quantitative estimate of drug-likeness (QED) is 0.0912. The highest BCUT2D eigenvalue weighted by Gasteiger charge is 2.21. The average molecular weight is 795 g/mol. The maximum atomic E-state index is 4.84. The van der Waals surface area contributed by atoms with E-state index in [1.807, 2.05) is 45.3 Å². The van der Waals surface area contributed by atoms with Crippen molar-refractivity contribution in [2.75, 3.05) is 0 Å². The first-order valence-electron chi connectivity index (χ1n) is 15.8. The predicted molar refractivity (Wildman–Crippen MR) is 204 cm³/mol. The molecule has 228 valence electrons. The van der Waals surface area contributed by atoms with Gasteiger partial charge in [0.15, 0.2) is 0 Å². The van der Waals surface area contributed by atoms with Gasteiger partial charge in [0.25, 0.3) is 0 Å². The van der Waals surface area contributed by atoms with Crippen LogP contribution < -0.4 is 0 Å². The maximum Gasteiger partial charge on any atom is 0.114 e. The summed E-state index contributed by atoms with van der Waals surface area (Å²) in [7, 11) is 0. The fourth-order valence-corrected chi connectivity index (χ4v) is 13.5. The van der Waals surface area contributed by atoms with Gasteiger partial charge in [-0.05, 0) is 80.8 Å². The second kappa shape index (κ2) is 15.3. The lowest BCUT2D eigenvalue weighted by Crippen LogP contribution is -1.85. The van der Waals surface area contributed by atoms with Crippen LogP contribution in [0.5, 0.6) is 0 Å². The Morgan fingerprint density at radius 1 is 0.558 bits per heavy atom. The lowest BCUT2D eigenvalue weighted by atomic mass is 10.1. The number of halogens is 2. The standard InChI is InChI=1S/C34H38Br2N2S5/c1-3-5-7-9-11-13-15-23-31-27(41-33(23)35)19-25(39-31)21-17-18-22(30-29(21)37-43-38-30)26-20-28-32(40-26)24(34(36)42-28)16-14-12-10-8-6-4-2/h17-20H,3-16H2,1-2H3. The SMILES string of the molecule is CCCCCCCCc1c(Br)sc2cc(-c3ccc(-c4cc5sc(Br)c(CCCCCCCC)c5s4)c4nsnc34)sc12. The van der Waals surface area contributed by atoms with Crippen LogP contribution in [0.25, 0.3) is 50.7 Å². The number of rotatable bonds is 16. The Morgan fingerprint density at radius 3 is 1.42 bits per heavy atom. The van der Waals surface area contributed by atoms with Gasteiger partial charge in [-0.2, -0.15) is 8.75 Å². The van der Waals surface area contributed by atoms with Gasteiger partial charge in [-0.15, -0.1) is 45.3 Å². The average Bonchev–Trinajstić information content (AvgIpc) is 3.81. The highest BCUT2D eigenvalue weighted by Crippen LogP contribution is 2.48. The van der Waals surface area contributed by atoms with E-state index in [0.29, 0.717) is 0 Å². The van der Waals surface area contributed by atoms with Crippen LogP contribution in [-0.2, 0) is 12.8 Å². The molecule has 0 aliphatic rings. The number of hydrogen-bond donors (Lipinski definition) is 0. The van der Waals surface area contributed by atoms with Crippen LogP contribution >= 0.6 is 88.9 Å². The first-order chi connectivity index (χ1) is 21.1. The minimum atomic E-state index is 1.04. The van der Waals surface area contributed by atoms with E-state index in [2.05, 4.69) is 70.0 Å². The molecule has 0 atom stereocenters. The number of nitrogens with zero attached hydrogens (tertiary/aromatic N) is 2. The Balaban J connectivity index is 1.23. The second-order valence-electron chi connectivity index (χ2n) is 11.5. The van der Waals surface area contributed by atoms with Crippen LogP contribution in [0.3, 0.4) is 0 Å². The first-order valence-corrected chi connectivity index (χ1v) is 21.3. The monoisotopic (exact) mass is 792 g/mol. The molecule has 43 heavy (non-hydrogen) atoms. The Labute approximate surface area is 292 Å². The van der Waals surface area contributed by atoms with Gasteiger partial charge in [0.05, 0.1) is 28.7 Å². The molecule has 0 unspecified atom stereocenters. The molecule has 0 N–H and O–H groups in total. The molecule has 0 spiro atoms. The minimum Gasteiger partial charge on any atom is -0.172 e. The molecule has 0 bridgehead atoms. The highest BCUT2D eigenvalue weighted by atomic mass is 79.9. The molecular weight excluding hydrogens is 757 g/mol. The van der Waals surface area contributed by atoms with Gasteiger partial charge in [-0.1, -0.05) is 90.2 Å². The van der Waals surface area contributed by atoms with Gasteiger partial charge < -0.3 is 0 Å². The van der Waals surface area contributed by atoms with Gasteiger partial charge in [0.2, 0.25) is 0 Å². The molecule has 0 aliphatic carbocycles. The smallest absolute Gasteiger partial charge is 0.114 e. The van der Waals surface area contributed by atoms with Gasteiger partial charge in [-0.25, -0.2) is 0 Å². The largest absolute Gasteiger partial charge is 0.172 e. The van der Waals surface area contributed by atoms with Crippen molar-refractivity contribution in [3.63, 3.8) is 0 Å². The molecule has 0 saturated heterocycles. The van der Waals surface area contributed by atoms with Crippen molar-refractivity contribution >= 4 is 119 Å². The molecule has 9 heteroatoms. The molecular formula is C34H38Br2N2S5. The number of unbranched alkanes of at least 4 members (excludes halogenated alkanes) is 10. The molecule has 0 radical (unpaired) electrons. The Morgan fingerprint density at radius 2 is 0.977 bits per heavy atom. The van der Waals surface area contributed by atoms with Gasteiger partial charge in [0.1, 0.15) is 11.0 Å². The number of fused-ring (bicyclic) bond motifs is 3. The summed E-state index contributed by atoms with van der Waals surface area (Å²) in [5.41, 5.74) is 7.51. The van der Waals surface area contributed by atoms with E-state index < -0.39 is 0 Å². The van der Waals surface area contributed by atoms with Crippen molar-refractivity contribution in [1.82, 2.24) is 8.75 Å². The summed E-state index contributed by atoms with van der Waals surface area (Å²) < 4.78 is 18.0. The summed E-state index contributed by atoms with van der Waals surface area (Å²) in [6.07, 6.45) is 18.3. The minimum absolute atomic E-state index is 1.04. The van der Waals surface area contributed by atoms with E-state index in [1.54, 1.807) is 0 Å². The third-order valence-corrected chi connectivity index (χ3v) is 15.4.